The first-order valence-electron chi connectivity index (χ1n) is 6.90. The van der Waals surface area contributed by atoms with E-state index in [1.165, 1.54) is 8.61 Å². The predicted molar refractivity (Wildman–Crippen MR) is 86.1 cm³/mol. The Morgan fingerprint density at radius 1 is 1.24 bits per heavy atom. The highest BCUT2D eigenvalue weighted by Crippen LogP contribution is 2.19. The van der Waals surface area contributed by atoms with Gasteiger partial charge in [0.2, 0.25) is 0 Å². The third kappa shape index (κ3) is 4.26. The molecule has 0 aromatic heterocycles. The quantitative estimate of drug-likeness (QED) is 0.809. The summed E-state index contributed by atoms with van der Waals surface area (Å²) >= 11 is 3.37. The molecule has 2 rings (SSSR count). The molecule has 0 saturated carbocycles. The minimum Gasteiger partial charge on any atom is -0.373 e. The molecule has 1 heterocycles. The highest BCUT2D eigenvalue weighted by Gasteiger charge is 2.33. The molecule has 0 spiro atoms. The van der Waals surface area contributed by atoms with E-state index in [1.54, 1.807) is 7.05 Å². The zero-order valence-electron chi connectivity index (χ0n) is 12.5. The summed E-state index contributed by atoms with van der Waals surface area (Å²) in [6.07, 6.45) is -0.158. The molecule has 0 N–H and O–H groups in total. The van der Waals surface area contributed by atoms with Crippen LogP contribution in [0, 0.1) is 0 Å². The number of morpholine rings is 1. The maximum atomic E-state index is 12.6. The zero-order valence-corrected chi connectivity index (χ0v) is 14.9. The van der Waals surface area contributed by atoms with Crippen molar-refractivity contribution < 1.29 is 13.2 Å². The van der Waals surface area contributed by atoms with Crippen LogP contribution in [0.25, 0.3) is 0 Å². The molecule has 1 saturated heterocycles. The summed E-state index contributed by atoms with van der Waals surface area (Å²) in [5.74, 6) is 0. The molecule has 2 atom stereocenters. The summed E-state index contributed by atoms with van der Waals surface area (Å²) in [6, 6.07) is 7.66. The Bertz CT molecular complexity index is 566. The summed E-state index contributed by atoms with van der Waals surface area (Å²) in [5.41, 5.74) is 0.957. The topological polar surface area (TPSA) is 49.9 Å². The Kier molecular flexibility index (Phi) is 5.43. The lowest BCUT2D eigenvalue weighted by Crippen LogP contribution is -2.52. The Balaban J connectivity index is 2.09. The van der Waals surface area contributed by atoms with Gasteiger partial charge in [0.1, 0.15) is 0 Å². The van der Waals surface area contributed by atoms with E-state index in [2.05, 4.69) is 15.9 Å². The van der Waals surface area contributed by atoms with E-state index in [0.717, 1.165) is 10.0 Å². The standard InChI is InChI=1S/C14H21BrN2O3S/c1-11-8-17(9-12(2)20-11)21(18,19)16(3)10-13-4-6-14(15)7-5-13/h4-7,11-12H,8-10H2,1-3H3. The number of benzene rings is 1. The molecule has 1 aromatic carbocycles. The minimum atomic E-state index is -3.46. The minimum absolute atomic E-state index is 0.0791. The molecule has 0 aliphatic carbocycles. The van der Waals surface area contributed by atoms with E-state index in [1.807, 2.05) is 38.1 Å². The smallest absolute Gasteiger partial charge is 0.282 e. The van der Waals surface area contributed by atoms with E-state index < -0.39 is 10.2 Å². The Labute approximate surface area is 135 Å². The van der Waals surface area contributed by atoms with Crippen molar-refractivity contribution in [2.75, 3.05) is 20.1 Å². The van der Waals surface area contributed by atoms with Gasteiger partial charge in [-0.25, -0.2) is 0 Å². The van der Waals surface area contributed by atoms with Gasteiger partial charge >= 0.3 is 0 Å². The molecule has 118 valence electrons. The molecular formula is C14H21BrN2O3S. The number of hydrogen-bond donors (Lipinski definition) is 0. The number of ether oxygens (including phenoxy) is 1. The van der Waals surface area contributed by atoms with Crippen molar-refractivity contribution in [3.05, 3.63) is 34.3 Å². The molecule has 7 heteroatoms. The van der Waals surface area contributed by atoms with Gasteiger partial charge < -0.3 is 4.74 Å². The monoisotopic (exact) mass is 376 g/mol. The van der Waals surface area contributed by atoms with Crippen molar-refractivity contribution >= 4 is 26.1 Å². The van der Waals surface area contributed by atoms with Gasteiger partial charge in [-0.1, -0.05) is 28.1 Å². The van der Waals surface area contributed by atoms with Gasteiger partial charge in [-0.3, -0.25) is 0 Å². The highest BCUT2D eigenvalue weighted by molar-refractivity contribution is 9.10. The van der Waals surface area contributed by atoms with Crippen LogP contribution in [-0.4, -0.2) is 49.4 Å². The van der Waals surface area contributed by atoms with Crippen molar-refractivity contribution in [3.8, 4) is 0 Å². The third-order valence-electron chi connectivity index (χ3n) is 3.42. The second kappa shape index (κ2) is 6.75. The predicted octanol–water partition coefficient (Wildman–Crippen LogP) is 2.23. The first-order chi connectivity index (χ1) is 9.79. The average molecular weight is 377 g/mol. The molecule has 1 aliphatic heterocycles. The Morgan fingerprint density at radius 2 is 1.76 bits per heavy atom. The molecule has 1 fully saturated rings. The molecule has 2 unspecified atom stereocenters. The van der Waals surface area contributed by atoms with Gasteiger partial charge in [0.25, 0.3) is 10.2 Å². The van der Waals surface area contributed by atoms with Crippen molar-refractivity contribution in [2.24, 2.45) is 0 Å². The van der Waals surface area contributed by atoms with Crippen molar-refractivity contribution in [2.45, 2.75) is 32.6 Å². The normalized spacial score (nSPS) is 24.4. The van der Waals surface area contributed by atoms with Gasteiger partial charge in [-0.05, 0) is 31.5 Å². The highest BCUT2D eigenvalue weighted by atomic mass is 79.9. The van der Waals surface area contributed by atoms with Gasteiger partial charge in [0.15, 0.2) is 0 Å². The van der Waals surface area contributed by atoms with Crippen LogP contribution < -0.4 is 0 Å². The number of nitrogens with zero attached hydrogens (tertiary/aromatic N) is 2. The van der Waals surface area contributed by atoms with Crippen LogP contribution in [0.5, 0.6) is 0 Å². The van der Waals surface area contributed by atoms with Gasteiger partial charge in [-0.15, -0.1) is 0 Å². The molecule has 21 heavy (non-hydrogen) atoms. The van der Waals surface area contributed by atoms with Crippen LogP contribution >= 0.6 is 15.9 Å². The van der Waals surface area contributed by atoms with Crippen LogP contribution in [0.1, 0.15) is 19.4 Å². The second-order valence-corrected chi connectivity index (χ2v) is 8.42. The van der Waals surface area contributed by atoms with Crippen LogP contribution in [0.3, 0.4) is 0 Å². The summed E-state index contributed by atoms with van der Waals surface area (Å²) in [4.78, 5) is 0. The third-order valence-corrected chi connectivity index (χ3v) is 5.82. The van der Waals surface area contributed by atoms with Crippen molar-refractivity contribution in [1.82, 2.24) is 8.61 Å². The van der Waals surface area contributed by atoms with E-state index >= 15 is 0 Å². The van der Waals surface area contributed by atoms with E-state index in [9.17, 15) is 8.42 Å². The zero-order chi connectivity index (χ0) is 15.6. The first kappa shape index (κ1) is 16.9. The van der Waals surface area contributed by atoms with E-state index in [0.29, 0.717) is 19.6 Å². The molecular weight excluding hydrogens is 356 g/mol. The molecule has 1 aliphatic rings. The first-order valence-corrected chi connectivity index (χ1v) is 9.09. The van der Waals surface area contributed by atoms with Crippen LogP contribution in [0.15, 0.2) is 28.7 Å². The molecule has 0 radical (unpaired) electrons. The van der Waals surface area contributed by atoms with Crippen molar-refractivity contribution in [1.29, 1.82) is 0 Å². The summed E-state index contributed by atoms with van der Waals surface area (Å²) < 4.78 is 34.7. The fourth-order valence-electron chi connectivity index (χ4n) is 2.44. The largest absolute Gasteiger partial charge is 0.373 e. The lowest BCUT2D eigenvalue weighted by atomic mass is 10.2. The molecule has 1 aromatic rings. The van der Waals surface area contributed by atoms with Gasteiger partial charge in [0, 0.05) is 31.2 Å². The van der Waals surface area contributed by atoms with Crippen molar-refractivity contribution in [3.63, 3.8) is 0 Å². The lowest BCUT2D eigenvalue weighted by Gasteiger charge is -2.36. The van der Waals surface area contributed by atoms with Gasteiger partial charge in [0.05, 0.1) is 12.2 Å². The van der Waals surface area contributed by atoms with E-state index in [-0.39, 0.29) is 12.2 Å². The summed E-state index contributed by atoms with van der Waals surface area (Å²) in [6.45, 7) is 4.95. The number of rotatable bonds is 4. The van der Waals surface area contributed by atoms with E-state index in [4.69, 9.17) is 4.74 Å². The summed E-state index contributed by atoms with van der Waals surface area (Å²) in [5, 5.41) is 0. The summed E-state index contributed by atoms with van der Waals surface area (Å²) in [7, 11) is -1.85. The lowest BCUT2D eigenvalue weighted by molar-refractivity contribution is -0.0453. The SMILES string of the molecule is CC1CN(S(=O)(=O)N(C)Cc2ccc(Br)cc2)CC(C)O1. The van der Waals surface area contributed by atoms with Crippen LogP contribution in [0.4, 0.5) is 0 Å². The fourth-order valence-corrected chi connectivity index (χ4v) is 4.21. The fraction of sp³-hybridized carbons (Fsp3) is 0.571. The Morgan fingerprint density at radius 3 is 2.29 bits per heavy atom. The molecule has 0 amide bonds. The van der Waals surface area contributed by atoms with Gasteiger partial charge in [-0.2, -0.15) is 17.0 Å². The second-order valence-electron chi connectivity index (χ2n) is 5.46. The van der Waals surface area contributed by atoms with Crippen LogP contribution in [0.2, 0.25) is 0 Å². The average Bonchev–Trinajstić information content (AvgIpc) is 2.40. The Hall–Kier alpha value is -0.470. The number of hydrogen-bond acceptors (Lipinski definition) is 3. The van der Waals surface area contributed by atoms with Crippen LogP contribution in [-0.2, 0) is 21.5 Å². The molecule has 0 bridgehead atoms. The maximum absolute atomic E-state index is 12.6. The maximum Gasteiger partial charge on any atom is 0.282 e. The molecule has 5 nitrogen and oxygen atoms in total. The number of halogens is 1.